The predicted octanol–water partition coefficient (Wildman–Crippen LogP) is 4.67. The topological polar surface area (TPSA) is 66.5 Å². The molecule has 0 saturated carbocycles. The van der Waals surface area contributed by atoms with Crippen molar-refractivity contribution in [2.45, 2.75) is 6.42 Å². The summed E-state index contributed by atoms with van der Waals surface area (Å²) in [6.45, 7) is 0. The number of phenols is 2. The van der Waals surface area contributed by atoms with Crippen LogP contribution in [0, 0.1) is 0 Å². The minimum absolute atomic E-state index is 0.147. The number of halogens is 2. The molecule has 0 aliphatic rings. The van der Waals surface area contributed by atoms with Crippen LogP contribution in [0.4, 0.5) is 0 Å². The molecule has 0 spiro atoms. The minimum Gasteiger partial charge on any atom is -0.508 e. The molecule has 0 atom stereocenters. The first-order valence-electron chi connectivity index (χ1n) is 6.33. The van der Waals surface area contributed by atoms with Gasteiger partial charge in [0.25, 0.3) is 0 Å². The molecule has 3 aromatic rings. The van der Waals surface area contributed by atoms with Gasteiger partial charge in [-0.2, -0.15) is 0 Å². The molecule has 1 heterocycles. The summed E-state index contributed by atoms with van der Waals surface area (Å²) in [4.78, 5) is 3.56. The average Bonchev–Trinajstić information content (AvgIpc) is 3.06. The largest absolute Gasteiger partial charge is 0.508 e. The third kappa shape index (κ3) is 4.69. The maximum absolute atomic E-state index is 9.68. The molecule has 0 radical (unpaired) electrons. The molecule has 1 aromatic heterocycles. The van der Waals surface area contributed by atoms with Gasteiger partial charge in [-0.15, -0.1) is 0 Å². The van der Waals surface area contributed by atoms with Gasteiger partial charge in [-0.05, 0) is 47.5 Å². The first kappa shape index (κ1) is 16.2. The van der Waals surface area contributed by atoms with E-state index >= 15 is 0 Å². The average molecular weight is 338 g/mol. The first-order chi connectivity index (χ1) is 10.6. The molecule has 0 fully saturated rings. The van der Waals surface area contributed by atoms with E-state index < -0.39 is 0 Å². The van der Waals surface area contributed by atoms with Crippen molar-refractivity contribution in [3.63, 3.8) is 0 Å². The molecule has 114 valence electrons. The second-order valence-corrected chi connectivity index (χ2v) is 5.27. The van der Waals surface area contributed by atoms with Crippen molar-refractivity contribution in [3.8, 4) is 11.5 Å². The molecule has 0 amide bonds. The van der Waals surface area contributed by atoms with Gasteiger partial charge in [0.1, 0.15) is 17.8 Å². The molecule has 0 aliphatic carbocycles. The summed E-state index contributed by atoms with van der Waals surface area (Å²) in [6.07, 6.45) is 4.85. The summed E-state index contributed by atoms with van der Waals surface area (Å²) in [5.41, 5.74) is 1.30. The Balaban J connectivity index is 0.000000299. The van der Waals surface area contributed by atoms with Crippen LogP contribution in [0.5, 0.6) is 11.5 Å². The number of phenolic OH excluding ortho intramolecular Hbond substituents is 2. The SMILES string of the molecule is Oc1ccc(Cl)cc1Cc1cc(Cl)ccc1O.c1cocn1. The molecule has 3 rings (SSSR count). The first-order valence-corrected chi connectivity index (χ1v) is 7.09. The van der Waals surface area contributed by atoms with Crippen LogP contribution in [0.1, 0.15) is 11.1 Å². The van der Waals surface area contributed by atoms with E-state index in [1.165, 1.54) is 24.8 Å². The number of rotatable bonds is 2. The summed E-state index contributed by atoms with van der Waals surface area (Å²) < 4.78 is 4.47. The van der Waals surface area contributed by atoms with Crippen LogP contribution in [-0.2, 0) is 6.42 Å². The Morgan fingerprint density at radius 3 is 1.82 bits per heavy atom. The molecule has 2 aromatic carbocycles. The van der Waals surface area contributed by atoms with Crippen LogP contribution in [0.2, 0.25) is 10.0 Å². The number of hydrogen-bond acceptors (Lipinski definition) is 4. The zero-order valence-corrected chi connectivity index (χ0v) is 12.9. The Morgan fingerprint density at radius 1 is 0.909 bits per heavy atom. The van der Waals surface area contributed by atoms with E-state index in [9.17, 15) is 10.2 Å². The quantitative estimate of drug-likeness (QED) is 0.713. The van der Waals surface area contributed by atoms with Gasteiger partial charge in [0.15, 0.2) is 6.39 Å². The van der Waals surface area contributed by atoms with E-state index in [0.717, 1.165) is 0 Å². The molecule has 2 N–H and O–H groups in total. The standard InChI is InChI=1S/C13H10Cl2O2.C3H3NO/c14-10-1-3-12(16)8(6-10)5-9-7-11(15)2-4-13(9)17;1-2-5-3-4-1/h1-4,6-7,16-17H,5H2;1-3H. The van der Waals surface area contributed by atoms with E-state index in [-0.39, 0.29) is 11.5 Å². The minimum atomic E-state index is 0.147. The van der Waals surface area contributed by atoms with Crippen molar-refractivity contribution >= 4 is 23.2 Å². The van der Waals surface area contributed by atoms with E-state index in [2.05, 4.69) is 9.40 Å². The lowest BCUT2D eigenvalue weighted by Gasteiger charge is -2.07. The number of benzene rings is 2. The van der Waals surface area contributed by atoms with Gasteiger partial charge in [-0.25, -0.2) is 4.98 Å². The van der Waals surface area contributed by atoms with Crippen molar-refractivity contribution in [2.75, 3.05) is 0 Å². The van der Waals surface area contributed by atoms with Crippen molar-refractivity contribution in [1.82, 2.24) is 4.98 Å². The highest BCUT2D eigenvalue weighted by Gasteiger charge is 2.07. The van der Waals surface area contributed by atoms with Gasteiger partial charge in [0.05, 0.1) is 6.20 Å². The third-order valence-electron chi connectivity index (χ3n) is 2.81. The molecule has 0 bridgehead atoms. The van der Waals surface area contributed by atoms with Crippen LogP contribution in [0.25, 0.3) is 0 Å². The second-order valence-electron chi connectivity index (χ2n) is 4.40. The molecule has 0 unspecified atom stereocenters. The van der Waals surface area contributed by atoms with E-state index in [1.807, 2.05) is 0 Å². The molecular weight excluding hydrogens is 325 g/mol. The normalized spacial score (nSPS) is 9.91. The Morgan fingerprint density at radius 2 is 1.45 bits per heavy atom. The highest BCUT2D eigenvalue weighted by Crippen LogP contribution is 2.29. The van der Waals surface area contributed by atoms with Crippen molar-refractivity contribution < 1.29 is 14.6 Å². The Labute approximate surface area is 137 Å². The van der Waals surface area contributed by atoms with Gasteiger partial charge < -0.3 is 14.6 Å². The van der Waals surface area contributed by atoms with Crippen molar-refractivity contribution in [2.24, 2.45) is 0 Å². The number of nitrogens with zero attached hydrogens (tertiary/aromatic N) is 1. The lowest BCUT2D eigenvalue weighted by Crippen LogP contribution is -1.90. The molecule has 4 nitrogen and oxygen atoms in total. The lowest BCUT2D eigenvalue weighted by molar-refractivity contribution is 0.463. The molecule has 22 heavy (non-hydrogen) atoms. The Kier molecular flexibility index (Phi) is 5.69. The number of oxazole rings is 1. The van der Waals surface area contributed by atoms with Crippen molar-refractivity contribution in [3.05, 3.63) is 76.4 Å². The number of aromatic hydroxyl groups is 2. The number of hydrogen-bond donors (Lipinski definition) is 2. The van der Waals surface area contributed by atoms with Gasteiger partial charge in [-0.3, -0.25) is 0 Å². The maximum Gasteiger partial charge on any atom is 0.180 e. The number of aromatic nitrogens is 1. The fraction of sp³-hybridized carbons (Fsp3) is 0.0625. The third-order valence-corrected chi connectivity index (χ3v) is 3.28. The van der Waals surface area contributed by atoms with Crippen LogP contribution >= 0.6 is 23.2 Å². The summed E-state index contributed by atoms with van der Waals surface area (Å²) >= 11 is 11.7. The predicted molar refractivity (Wildman–Crippen MR) is 85.5 cm³/mol. The van der Waals surface area contributed by atoms with Crippen LogP contribution in [0.15, 0.2) is 59.7 Å². The zero-order valence-electron chi connectivity index (χ0n) is 11.4. The summed E-state index contributed by atoms with van der Waals surface area (Å²) in [5.74, 6) is 0.294. The summed E-state index contributed by atoms with van der Waals surface area (Å²) in [5, 5.41) is 20.4. The highest BCUT2D eigenvalue weighted by molar-refractivity contribution is 6.31. The van der Waals surface area contributed by atoms with Gasteiger partial charge in [0, 0.05) is 16.5 Å². The fourth-order valence-corrected chi connectivity index (χ4v) is 2.16. The summed E-state index contributed by atoms with van der Waals surface area (Å²) in [6, 6.07) is 9.60. The van der Waals surface area contributed by atoms with Crippen LogP contribution < -0.4 is 0 Å². The van der Waals surface area contributed by atoms with Crippen molar-refractivity contribution in [1.29, 1.82) is 0 Å². The lowest BCUT2D eigenvalue weighted by atomic mass is 10.0. The fourth-order valence-electron chi connectivity index (χ4n) is 1.77. The van der Waals surface area contributed by atoms with E-state index in [1.54, 1.807) is 30.5 Å². The monoisotopic (exact) mass is 337 g/mol. The van der Waals surface area contributed by atoms with Gasteiger partial charge >= 0.3 is 0 Å². The Bertz CT molecular complexity index is 664. The molecule has 0 saturated heterocycles. The smallest absolute Gasteiger partial charge is 0.180 e. The van der Waals surface area contributed by atoms with Gasteiger partial charge in [-0.1, -0.05) is 23.2 Å². The molecule has 0 aliphatic heterocycles. The van der Waals surface area contributed by atoms with E-state index in [4.69, 9.17) is 23.2 Å². The Hall–Kier alpha value is -2.17. The van der Waals surface area contributed by atoms with Crippen LogP contribution in [-0.4, -0.2) is 15.2 Å². The second kappa shape index (κ2) is 7.73. The van der Waals surface area contributed by atoms with Gasteiger partial charge in [0.2, 0.25) is 0 Å². The zero-order chi connectivity index (χ0) is 15.9. The van der Waals surface area contributed by atoms with E-state index in [0.29, 0.717) is 27.6 Å². The highest BCUT2D eigenvalue weighted by atomic mass is 35.5. The summed E-state index contributed by atoms with van der Waals surface area (Å²) in [7, 11) is 0. The molecular formula is C16H13Cl2NO3. The molecule has 6 heteroatoms. The maximum atomic E-state index is 9.68. The van der Waals surface area contributed by atoms with Crippen LogP contribution in [0.3, 0.4) is 0 Å².